The quantitative estimate of drug-likeness (QED) is 0.105. The van der Waals surface area contributed by atoms with Crippen molar-refractivity contribution in [1.82, 2.24) is 0 Å². The molecule has 0 aliphatic rings. The van der Waals surface area contributed by atoms with Gasteiger partial charge in [0.15, 0.2) is 0 Å². The second-order valence-corrected chi connectivity index (χ2v) is 13.8. The smallest absolute Gasteiger partial charge is 0.242 e. The number of benzene rings is 1. The summed E-state index contributed by atoms with van der Waals surface area (Å²) in [4.78, 5) is 0. The average molecular weight is 559 g/mol. The van der Waals surface area contributed by atoms with Gasteiger partial charge in [-0.25, -0.2) is 37.1 Å². The maximum absolute atomic E-state index is 4.03. The van der Waals surface area contributed by atoms with Crippen LogP contribution in [0.15, 0.2) is 70.9 Å². The summed E-state index contributed by atoms with van der Waals surface area (Å²) in [5, 5.41) is 0. The molecule has 0 spiro atoms. The Balaban J connectivity index is 0. The third-order valence-corrected chi connectivity index (χ3v) is 9.11. The van der Waals surface area contributed by atoms with E-state index in [1.165, 1.54) is 59.1 Å². The van der Waals surface area contributed by atoms with Crippen LogP contribution < -0.4 is 37.7 Å². The summed E-state index contributed by atoms with van der Waals surface area (Å²) in [5.41, 5.74) is 8.61. The van der Waals surface area contributed by atoms with E-state index in [4.69, 9.17) is 0 Å². The summed E-state index contributed by atoms with van der Waals surface area (Å²) in [6.45, 7) is 31.4. The van der Waals surface area contributed by atoms with E-state index >= 15 is 0 Å². The molecule has 1 aromatic carbocycles. The monoisotopic (exact) mass is 559 g/mol. The minimum Gasteiger partial charge on any atom is -0.242 e. The molecule has 1 rings (SSSR count). The molecule has 226 valence electrons. The first-order valence-corrected chi connectivity index (χ1v) is 16.1. The number of hydrogen-bond donors (Lipinski definition) is 0. The molecule has 42 heavy (non-hydrogen) atoms. The Morgan fingerprint density at radius 1 is 0.690 bits per heavy atom. The SMILES string of the molecule is [CH2-]C(C)=CCCC(C)=CCC(C)(CC(C)CC)c1cccc(C(C)(CC=C(C)CCC=C([CH2-])C)CC(C)CC)c1.[Li+].[Li+]. The van der Waals surface area contributed by atoms with E-state index in [2.05, 4.69) is 132 Å². The normalized spacial score (nSPS) is 17.4. The van der Waals surface area contributed by atoms with Crippen molar-refractivity contribution in [2.45, 2.75) is 144 Å². The van der Waals surface area contributed by atoms with Crippen LogP contribution in [0.2, 0.25) is 0 Å². The summed E-state index contributed by atoms with van der Waals surface area (Å²) >= 11 is 0. The summed E-state index contributed by atoms with van der Waals surface area (Å²) in [7, 11) is 0. The predicted molar refractivity (Wildman–Crippen MR) is 183 cm³/mol. The van der Waals surface area contributed by atoms with Crippen molar-refractivity contribution in [3.05, 3.63) is 95.8 Å². The van der Waals surface area contributed by atoms with Crippen molar-refractivity contribution < 1.29 is 37.7 Å². The third-order valence-electron chi connectivity index (χ3n) is 9.11. The molecule has 0 N–H and O–H groups in total. The van der Waals surface area contributed by atoms with E-state index in [1.807, 2.05) is 0 Å². The molecule has 0 fully saturated rings. The summed E-state index contributed by atoms with van der Waals surface area (Å²) in [5.74, 6) is 1.40. The van der Waals surface area contributed by atoms with Crippen molar-refractivity contribution in [3.8, 4) is 0 Å². The molecule has 0 aromatic heterocycles. The van der Waals surface area contributed by atoms with Gasteiger partial charge in [0, 0.05) is 0 Å². The molecule has 0 nitrogen and oxygen atoms in total. The fraction of sp³-hybridized carbons (Fsp3) is 0.600. The van der Waals surface area contributed by atoms with Gasteiger partial charge < -0.3 is 0 Å². The Kier molecular flexibility index (Phi) is 22.4. The van der Waals surface area contributed by atoms with Gasteiger partial charge in [-0.1, -0.05) is 129 Å². The Bertz CT molecular complexity index is 925. The first-order chi connectivity index (χ1) is 18.7. The van der Waals surface area contributed by atoms with Crippen LogP contribution in [0.5, 0.6) is 0 Å². The minimum absolute atomic E-state index is 0. The van der Waals surface area contributed by atoms with E-state index in [0.717, 1.165) is 38.5 Å². The maximum Gasteiger partial charge on any atom is 1.00 e. The molecule has 0 aliphatic heterocycles. The van der Waals surface area contributed by atoms with Crippen LogP contribution in [0, 0.1) is 25.7 Å². The molecular weight excluding hydrogens is 494 g/mol. The number of rotatable bonds is 18. The fourth-order valence-corrected chi connectivity index (χ4v) is 5.83. The van der Waals surface area contributed by atoms with E-state index in [-0.39, 0.29) is 48.6 Å². The minimum atomic E-state index is 0. The average Bonchev–Trinajstić information content (AvgIpc) is 2.90. The Hall–Kier alpha value is -0.885. The molecule has 4 unspecified atom stereocenters. The molecule has 0 bridgehead atoms. The summed E-state index contributed by atoms with van der Waals surface area (Å²) < 4.78 is 0. The molecule has 0 saturated carbocycles. The van der Waals surface area contributed by atoms with Gasteiger partial charge in [0.05, 0.1) is 0 Å². The number of allylic oxidation sites excluding steroid dienone is 8. The molecule has 0 heterocycles. The van der Waals surface area contributed by atoms with Gasteiger partial charge in [-0.3, -0.25) is 0 Å². The van der Waals surface area contributed by atoms with Crippen molar-refractivity contribution in [3.63, 3.8) is 0 Å². The third kappa shape index (κ3) is 16.3. The zero-order valence-corrected chi connectivity index (χ0v) is 30.3. The van der Waals surface area contributed by atoms with Crippen LogP contribution >= 0.6 is 0 Å². The van der Waals surface area contributed by atoms with Crippen molar-refractivity contribution >= 4 is 0 Å². The fourth-order valence-electron chi connectivity index (χ4n) is 5.83. The molecule has 4 atom stereocenters. The topological polar surface area (TPSA) is 0 Å². The van der Waals surface area contributed by atoms with Crippen LogP contribution in [0.25, 0.3) is 0 Å². The second-order valence-electron chi connectivity index (χ2n) is 13.8. The van der Waals surface area contributed by atoms with E-state index in [9.17, 15) is 0 Å². The molecular formula is C40H64Li2. The van der Waals surface area contributed by atoms with Crippen LogP contribution in [-0.2, 0) is 10.8 Å². The second kappa shape index (κ2) is 21.8. The van der Waals surface area contributed by atoms with Crippen molar-refractivity contribution in [1.29, 1.82) is 0 Å². The molecule has 0 saturated heterocycles. The predicted octanol–water partition coefficient (Wildman–Crippen LogP) is 6.88. The Morgan fingerprint density at radius 3 is 1.36 bits per heavy atom. The first kappa shape index (κ1) is 43.2. The van der Waals surface area contributed by atoms with Crippen LogP contribution in [0.1, 0.15) is 145 Å². The Labute approximate surface area is 288 Å². The van der Waals surface area contributed by atoms with E-state index in [1.54, 1.807) is 0 Å². The zero-order valence-electron chi connectivity index (χ0n) is 30.3. The van der Waals surface area contributed by atoms with Crippen LogP contribution in [0.3, 0.4) is 0 Å². The van der Waals surface area contributed by atoms with Crippen LogP contribution in [-0.4, -0.2) is 0 Å². The van der Waals surface area contributed by atoms with Gasteiger partial charge in [-0.15, -0.1) is 0 Å². The molecule has 2 heteroatoms. The molecule has 0 radical (unpaired) electrons. The standard InChI is InChI=1S/C40H64.2Li/c1-13-33(7)29-39(11,26-24-35(9)20-15-18-31(3)4)37-22-17-23-38(28-37)40(12,30-34(8)14-2)27-25-36(10)21-16-19-32(5)6;;/h17-19,22-25,28,33-34H,3,5,13-16,20-21,26-27,29-30H2,1-2,4,6-12H3;;/q-2;2*+1. The molecule has 0 amide bonds. The van der Waals surface area contributed by atoms with Crippen LogP contribution in [0.4, 0.5) is 0 Å². The van der Waals surface area contributed by atoms with E-state index < -0.39 is 0 Å². The van der Waals surface area contributed by atoms with Gasteiger partial charge in [0.25, 0.3) is 0 Å². The zero-order chi connectivity index (χ0) is 30.3. The molecule has 0 aliphatic carbocycles. The molecule has 1 aromatic rings. The van der Waals surface area contributed by atoms with Crippen molar-refractivity contribution in [2.75, 3.05) is 0 Å². The largest absolute Gasteiger partial charge is 1.00 e. The first-order valence-electron chi connectivity index (χ1n) is 16.1. The van der Waals surface area contributed by atoms with Gasteiger partial charge in [0.2, 0.25) is 0 Å². The summed E-state index contributed by atoms with van der Waals surface area (Å²) in [6.07, 6.45) is 21.0. The number of hydrogen-bond acceptors (Lipinski definition) is 0. The van der Waals surface area contributed by atoms with Gasteiger partial charge in [0.1, 0.15) is 0 Å². The van der Waals surface area contributed by atoms with E-state index in [0.29, 0.717) is 11.8 Å². The van der Waals surface area contributed by atoms with Crippen molar-refractivity contribution in [2.24, 2.45) is 11.8 Å². The van der Waals surface area contributed by atoms with Gasteiger partial charge in [-0.2, -0.15) is 0 Å². The van der Waals surface area contributed by atoms with Gasteiger partial charge in [-0.05, 0) is 86.2 Å². The maximum atomic E-state index is 4.03. The Morgan fingerprint density at radius 2 is 1.05 bits per heavy atom. The van der Waals surface area contributed by atoms with Gasteiger partial charge >= 0.3 is 37.7 Å². The summed E-state index contributed by atoms with van der Waals surface area (Å²) in [6, 6.07) is 9.73.